The second-order valence-electron chi connectivity index (χ2n) is 10.7. The molecule has 8 fully saturated rings. The first-order valence-corrected chi connectivity index (χ1v) is 9.90. The van der Waals surface area contributed by atoms with Crippen LogP contribution < -0.4 is 0 Å². The van der Waals surface area contributed by atoms with Gasteiger partial charge in [-0.2, -0.15) is 0 Å². The first-order valence-electron chi connectivity index (χ1n) is 9.90. The molecule has 0 aromatic heterocycles. The number of hydrogen-bond donors (Lipinski definition) is 2. The molecule has 0 spiro atoms. The number of hydrogen-bond acceptors (Lipinski definition) is 2. The van der Waals surface area contributed by atoms with Gasteiger partial charge in [-0.15, -0.1) is 0 Å². The predicted octanol–water partition coefficient (Wildman–Crippen LogP) is 3.50. The van der Waals surface area contributed by atoms with Gasteiger partial charge in [-0.05, 0) is 112 Å². The molecule has 0 saturated heterocycles. The van der Waals surface area contributed by atoms with Crippen LogP contribution in [0.4, 0.5) is 0 Å². The Morgan fingerprint density at radius 2 is 1.23 bits per heavy atom. The van der Waals surface area contributed by atoms with Gasteiger partial charge in [0.2, 0.25) is 0 Å². The topological polar surface area (TPSA) is 40.5 Å². The van der Waals surface area contributed by atoms with Crippen LogP contribution in [0.1, 0.15) is 70.6 Å². The third-order valence-electron chi connectivity index (χ3n) is 9.01. The van der Waals surface area contributed by atoms with E-state index in [9.17, 15) is 10.2 Å². The first-order chi connectivity index (χ1) is 10.5. The van der Waals surface area contributed by atoms with E-state index in [0.29, 0.717) is 11.3 Å². The minimum atomic E-state index is -0.366. The summed E-state index contributed by atoms with van der Waals surface area (Å²) in [6, 6.07) is 0. The van der Waals surface area contributed by atoms with Crippen LogP contribution >= 0.6 is 0 Å². The van der Waals surface area contributed by atoms with E-state index < -0.39 is 0 Å². The van der Waals surface area contributed by atoms with Crippen molar-refractivity contribution in [2.75, 3.05) is 0 Å². The Morgan fingerprint density at radius 1 is 0.636 bits per heavy atom. The summed E-state index contributed by atoms with van der Waals surface area (Å²) in [4.78, 5) is 0. The fraction of sp³-hybridized carbons (Fsp3) is 1.00. The van der Waals surface area contributed by atoms with Gasteiger partial charge in [-0.25, -0.2) is 0 Å². The molecule has 0 aliphatic heterocycles. The molecule has 8 aliphatic rings. The average molecular weight is 302 g/mol. The summed E-state index contributed by atoms with van der Waals surface area (Å²) in [6.07, 6.45) is 13.5. The Morgan fingerprint density at radius 3 is 1.77 bits per heavy atom. The molecule has 8 bridgehead atoms. The zero-order chi connectivity index (χ0) is 14.7. The van der Waals surface area contributed by atoms with Crippen molar-refractivity contribution in [2.45, 2.75) is 81.8 Å². The van der Waals surface area contributed by atoms with Gasteiger partial charge in [0, 0.05) is 0 Å². The molecule has 0 heterocycles. The molecule has 2 nitrogen and oxygen atoms in total. The van der Waals surface area contributed by atoms with Crippen LogP contribution in [-0.2, 0) is 0 Å². The molecule has 5 unspecified atom stereocenters. The minimum absolute atomic E-state index is 0.297. The average Bonchev–Trinajstić information content (AvgIpc) is 2.31. The molecule has 0 aromatic rings. The SMILES string of the molecule is OC12CC3CC(C1)CC(C1C4CC5CC(C4)CC1(O)C5)(C3)C2. The second-order valence-corrected chi connectivity index (χ2v) is 10.7. The molecule has 0 amide bonds. The molecule has 2 N–H and O–H groups in total. The van der Waals surface area contributed by atoms with E-state index in [0.717, 1.165) is 61.7 Å². The van der Waals surface area contributed by atoms with Crippen LogP contribution in [-0.4, -0.2) is 21.4 Å². The van der Waals surface area contributed by atoms with E-state index in [2.05, 4.69) is 0 Å². The van der Waals surface area contributed by atoms with Crippen LogP contribution in [0.25, 0.3) is 0 Å². The molecular weight excluding hydrogens is 272 g/mol. The molecule has 122 valence electrons. The Bertz CT molecular complexity index is 498. The van der Waals surface area contributed by atoms with E-state index in [-0.39, 0.29) is 11.2 Å². The van der Waals surface area contributed by atoms with Gasteiger partial charge in [0.05, 0.1) is 11.2 Å². The molecule has 8 saturated carbocycles. The van der Waals surface area contributed by atoms with Crippen LogP contribution in [0.2, 0.25) is 0 Å². The highest BCUT2D eigenvalue weighted by Crippen LogP contribution is 2.71. The lowest BCUT2D eigenvalue weighted by atomic mass is 9.37. The van der Waals surface area contributed by atoms with Gasteiger partial charge >= 0.3 is 0 Å². The smallest absolute Gasteiger partial charge is 0.0689 e. The monoisotopic (exact) mass is 302 g/mol. The van der Waals surface area contributed by atoms with Crippen molar-refractivity contribution >= 4 is 0 Å². The summed E-state index contributed by atoms with van der Waals surface area (Å²) < 4.78 is 0. The van der Waals surface area contributed by atoms with Crippen LogP contribution in [0.15, 0.2) is 0 Å². The molecule has 5 atom stereocenters. The van der Waals surface area contributed by atoms with Crippen LogP contribution in [0.5, 0.6) is 0 Å². The molecule has 22 heavy (non-hydrogen) atoms. The predicted molar refractivity (Wildman–Crippen MR) is 84.1 cm³/mol. The standard InChI is InChI=1S/C20H30O2/c21-19-7-14-2-15(8-19)6-18(5-14,11-19)17-16-3-12-1-13(4-16)10-20(17,22)9-12/h12-17,21-22H,1-11H2. The van der Waals surface area contributed by atoms with E-state index in [1.165, 1.54) is 38.5 Å². The summed E-state index contributed by atoms with van der Waals surface area (Å²) in [5, 5.41) is 22.7. The molecule has 8 rings (SSSR count). The number of rotatable bonds is 1. The van der Waals surface area contributed by atoms with Crippen molar-refractivity contribution in [3.8, 4) is 0 Å². The van der Waals surface area contributed by atoms with Crippen LogP contribution in [0, 0.1) is 40.9 Å². The van der Waals surface area contributed by atoms with Gasteiger partial charge in [0.1, 0.15) is 0 Å². The summed E-state index contributed by atoms with van der Waals surface area (Å²) >= 11 is 0. The normalized spacial score (nSPS) is 67.9. The first kappa shape index (κ1) is 13.2. The quantitative estimate of drug-likeness (QED) is 0.778. The maximum Gasteiger partial charge on any atom is 0.0689 e. The Hall–Kier alpha value is -0.0800. The zero-order valence-electron chi connectivity index (χ0n) is 13.6. The Balaban J connectivity index is 1.44. The fourth-order valence-corrected chi connectivity index (χ4v) is 9.72. The highest BCUT2D eigenvalue weighted by atomic mass is 16.3. The molecular formula is C20H30O2. The maximum atomic E-state index is 11.6. The molecule has 8 aliphatic carbocycles. The van der Waals surface area contributed by atoms with E-state index in [1.54, 1.807) is 0 Å². The summed E-state index contributed by atoms with van der Waals surface area (Å²) in [5.41, 5.74) is -0.433. The third kappa shape index (κ3) is 1.55. The van der Waals surface area contributed by atoms with Crippen LogP contribution in [0.3, 0.4) is 0 Å². The fourth-order valence-electron chi connectivity index (χ4n) is 9.72. The summed E-state index contributed by atoms with van der Waals surface area (Å²) in [5.74, 6) is 4.44. The Labute approximate surface area is 133 Å². The van der Waals surface area contributed by atoms with Crippen molar-refractivity contribution in [1.82, 2.24) is 0 Å². The van der Waals surface area contributed by atoms with Gasteiger partial charge in [0.25, 0.3) is 0 Å². The van der Waals surface area contributed by atoms with Gasteiger partial charge in [-0.1, -0.05) is 0 Å². The summed E-state index contributed by atoms with van der Waals surface area (Å²) in [6.45, 7) is 0. The lowest BCUT2D eigenvalue weighted by molar-refractivity contribution is -0.262. The summed E-state index contributed by atoms with van der Waals surface area (Å²) in [7, 11) is 0. The van der Waals surface area contributed by atoms with Gasteiger partial charge in [-0.3, -0.25) is 0 Å². The lowest BCUT2D eigenvalue weighted by Crippen LogP contribution is -2.67. The van der Waals surface area contributed by atoms with Crippen molar-refractivity contribution < 1.29 is 10.2 Å². The van der Waals surface area contributed by atoms with Gasteiger partial charge < -0.3 is 10.2 Å². The van der Waals surface area contributed by atoms with E-state index in [4.69, 9.17) is 0 Å². The lowest BCUT2D eigenvalue weighted by Gasteiger charge is -2.70. The van der Waals surface area contributed by atoms with Crippen molar-refractivity contribution in [2.24, 2.45) is 40.9 Å². The van der Waals surface area contributed by atoms with E-state index in [1.807, 2.05) is 0 Å². The van der Waals surface area contributed by atoms with Crippen molar-refractivity contribution in [3.05, 3.63) is 0 Å². The molecule has 0 aromatic carbocycles. The highest BCUT2D eigenvalue weighted by Gasteiger charge is 2.67. The molecule has 0 radical (unpaired) electrons. The zero-order valence-corrected chi connectivity index (χ0v) is 13.6. The maximum absolute atomic E-state index is 11.6. The second kappa shape index (κ2) is 3.77. The molecule has 2 heteroatoms. The van der Waals surface area contributed by atoms with Gasteiger partial charge in [0.15, 0.2) is 0 Å². The number of aliphatic hydroxyl groups is 2. The Kier molecular flexibility index (Phi) is 2.27. The van der Waals surface area contributed by atoms with Crippen molar-refractivity contribution in [1.29, 1.82) is 0 Å². The highest BCUT2D eigenvalue weighted by molar-refractivity contribution is 5.18. The third-order valence-corrected chi connectivity index (χ3v) is 9.01. The van der Waals surface area contributed by atoms with E-state index >= 15 is 0 Å². The minimum Gasteiger partial charge on any atom is -0.390 e. The van der Waals surface area contributed by atoms with Crippen molar-refractivity contribution in [3.63, 3.8) is 0 Å². The largest absolute Gasteiger partial charge is 0.390 e.